The van der Waals surface area contributed by atoms with Crippen LogP contribution in [-0.4, -0.2) is 5.11 Å². The smallest absolute Gasteiger partial charge is 0.119 e. The minimum Gasteiger partial charge on any atom is -0.508 e. The molecular formula is C16H22O. The number of phenolic OH excluding ortho intramolecular Hbond substituents is 1. The molecule has 1 aliphatic carbocycles. The summed E-state index contributed by atoms with van der Waals surface area (Å²) in [7, 11) is 0. The average Bonchev–Trinajstić information content (AvgIpc) is 2.29. The molecule has 1 N–H and O–H groups in total. The first-order valence-electron chi connectivity index (χ1n) is 6.48. The van der Waals surface area contributed by atoms with Gasteiger partial charge in [0.1, 0.15) is 5.75 Å². The van der Waals surface area contributed by atoms with Crippen molar-refractivity contribution in [3.63, 3.8) is 0 Å². The number of hydrogen-bond acceptors (Lipinski definition) is 1. The molecule has 1 aromatic carbocycles. The van der Waals surface area contributed by atoms with E-state index in [4.69, 9.17) is 0 Å². The van der Waals surface area contributed by atoms with Gasteiger partial charge >= 0.3 is 0 Å². The maximum Gasteiger partial charge on any atom is 0.119 e. The van der Waals surface area contributed by atoms with Gasteiger partial charge in [-0.1, -0.05) is 45.1 Å². The van der Waals surface area contributed by atoms with Crippen molar-refractivity contribution in [1.82, 2.24) is 0 Å². The van der Waals surface area contributed by atoms with E-state index < -0.39 is 0 Å². The second-order valence-corrected chi connectivity index (χ2v) is 5.99. The largest absolute Gasteiger partial charge is 0.508 e. The van der Waals surface area contributed by atoms with Crippen LogP contribution in [0.3, 0.4) is 0 Å². The van der Waals surface area contributed by atoms with E-state index in [2.05, 4.69) is 39.0 Å². The van der Waals surface area contributed by atoms with E-state index >= 15 is 0 Å². The van der Waals surface area contributed by atoms with Gasteiger partial charge in [-0.3, -0.25) is 0 Å². The molecule has 0 amide bonds. The number of benzene rings is 1. The predicted molar refractivity (Wildman–Crippen MR) is 72.5 cm³/mol. The van der Waals surface area contributed by atoms with Crippen LogP contribution < -0.4 is 0 Å². The summed E-state index contributed by atoms with van der Waals surface area (Å²) in [6, 6.07) is 6.05. The molecule has 1 aliphatic rings. The Kier molecular flexibility index (Phi) is 3.28. The minimum atomic E-state index is 0.140. The summed E-state index contributed by atoms with van der Waals surface area (Å²) < 4.78 is 0. The van der Waals surface area contributed by atoms with Gasteiger partial charge in [-0.2, -0.15) is 0 Å². The third kappa shape index (κ3) is 2.71. The molecule has 92 valence electrons. The first kappa shape index (κ1) is 12.2. The molecule has 1 aromatic rings. The lowest BCUT2D eigenvalue weighted by Crippen LogP contribution is -2.12. The SMILES string of the molecule is CC(C)(C)c1ccc(O)c(C2C=CCCC2)c1. The number of rotatable bonds is 1. The first-order chi connectivity index (χ1) is 7.98. The van der Waals surface area contributed by atoms with Crippen molar-refractivity contribution in [2.45, 2.75) is 51.4 Å². The molecule has 0 aliphatic heterocycles. The standard InChI is InChI=1S/C16H22O/c1-16(2,3)13-9-10-15(17)14(11-13)12-7-5-4-6-8-12/h5,7,9-12,17H,4,6,8H2,1-3H3. The van der Waals surface area contributed by atoms with Gasteiger partial charge in [0.25, 0.3) is 0 Å². The van der Waals surface area contributed by atoms with Gasteiger partial charge in [-0.15, -0.1) is 0 Å². The van der Waals surface area contributed by atoms with Crippen molar-refractivity contribution in [3.8, 4) is 5.75 Å². The van der Waals surface area contributed by atoms with Crippen molar-refractivity contribution < 1.29 is 5.11 Å². The third-order valence-electron chi connectivity index (χ3n) is 3.55. The molecule has 0 saturated carbocycles. The fourth-order valence-electron chi connectivity index (χ4n) is 2.39. The Balaban J connectivity index is 2.38. The molecule has 0 spiro atoms. The van der Waals surface area contributed by atoms with Gasteiger partial charge in [0, 0.05) is 11.5 Å². The van der Waals surface area contributed by atoms with Crippen LogP contribution in [0.1, 0.15) is 57.1 Å². The zero-order chi connectivity index (χ0) is 12.5. The summed E-state index contributed by atoms with van der Waals surface area (Å²) >= 11 is 0. The van der Waals surface area contributed by atoms with Crippen LogP contribution in [0.5, 0.6) is 5.75 Å². The molecule has 1 heteroatoms. The summed E-state index contributed by atoms with van der Waals surface area (Å²) in [5.41, 5.74) is 2.53. The van der Waals surface area contributed by atoms with Crippen LogP contribution >= 0.6 is 0 Å². The fourth-order valence-corrected chi connectivity index (χ4v) is 2.39. The Hall–Kier alpha value is -1.24. The molecule has 1 unspecified atom stereocenters. The maximum atomic E-state index is 10.0. The van der Waals surface area contributed by atoms with Crippen LogP contribution in [0.4, 0.5) is 0 Å². The van der Waals surface area contributed by atoms with E-state index in [1.54, 1.807) is 0 Å². The topological polar surface area (TPSA) is 20.2 Å². The van der Waals surface area contributed by atoms with Crippen molar-refractivity contribution in [3.05, 3.63) is 41.5 Å². The third-order valence-corrected chi connectivity index (χ3v) is 3.55. The second-order valence-electron chi connectivity index (χ2n) is 5.99. The molecule has 1 nitrogen and oxygen atoms in total. The summed E-state index contributed by atoms with van der Waals surface area (Å²) in [5, 5.41) is 10.0. The second kappa shape index (κ2) is 4.56. The lowest BCUT2D eigenvalue weighted by atomic mass is 9.82. The van der Waals surface area contributed by atoms with Gasteiger partial charge in [0.15, 0.2) is 0 Å². The van der Waals surface area contributed by atoms with E-state index in [9.17, 15) is 5.11 Å². The van der Waals surface area contributed by atoms with E-state index in [1.165, 1.54) is 18.4 Å². The number of allylic oxidation sites excluding steroid dienone is 2. The first-order valence-corrected chi connectivity index (χ1v) is 6.48. The quantitative estimate of drug-likeness (QED) is 0.704. The van der Waals surface area contributed by atoms with Crippen LogP contribution in [0.25, 0.3) is 0 Å². The lowest BCUT2D eigenvalue weighted by molar-refractivity contribution is 0.460. The summed E-state index contributed by atoms with van der Waals surface area (Å²) in [6.45, 7) is 6.62. The highest BCUT2D eigenvalue weighted by Crippen LogP contribution is 2.36. The van der Waals surface area contributed by atoms with E-state index in [0.29, 0.717) is 11.7 Å². The number of hydrogen-bond donors (Lipinski definition) is 1. The average molecular weight is 230 g/mol. The molecule has 1 atom stereocenters. The maximum absolute atomic E-state index is 10.0. The molecule has 0 radical (unpaired) electrons. The van der Waals surface area contributed by atoms with Crippen molar-refractivity contribution >= 4 is 0 Å². The van der Waals surface area contributed by atoms with Crippen molar-refractivity contribution in [1.29, 1.82) is 0 Å². The molecule has 0 bridgehead atoms. The Bertz CT molecular complexity index is 424. The summed E-state index contributed by atoms with van der Waals surface area (Å²) in [6.07, 6.45) is 8.02. The Labute approximate surface area is 104 Å². The molecule has 0 fully saturated rings. The van der Waals surface area contributed by atoms with Gasteiger partial charge in [0.05, 0.1) is 0 Å². The highest BCUT2D eigenvalue weighted by atomic mass is 16.3. The van der Waals surface area contributed by atoms with Crippen LogP contribution in [0.15, 0.2) is 30.4 Å². The van der Waals surface area contributed by atoms with E-state index in [0.717, 1.165) is 12.0 Å². The van der Waals surface area contributed by atoms with Crippen LogP contribution in [0.2, 0.25) is 0 Å². The Morgan fingerprint density at radius 2 is 2.00 bits per heavy atom. The molecule has 0 aromatic heterocycles. The lowest BCUT2D eigenvalue weighted by Gasteiger charge is -2.23. The Morgan fingerprint density at radius 1 is 1.24 bits per heavy atom. The van der Waals surface area contributed by atoms with Gasteiger partial charge < -0.3 is 5.11 Å². The van der Waals surface area contributed by atoms with E-state index in [1.807, 2.05) is 12.1 Å². The van der Waals surface area contributed by atoms with Gasteiger partial charge in [-0.25, -0.2) is 0 Å². The fraction of sp³-hybridized carbons (Fsp3) is 0.500. The molecular weight excluding hydrogens is 208 g/mol. The minimum absolute atomic E-state index is 0.140. The number of phenols is 1. The Morgan fingerprint density at radius 3 is 2.59 bits per heavy atom. The molecule has 2 rings (SSSR count). The highest BCUT2D eigenvalue weighted by Gasteiger charge is 2.19. The summed E-state index contributed by atoms with van der Waals surface area (Å²) in [4.78, 5) is 0. The van der Waals surface area contributed by atoms with E-state index in [-0.39, 0.29) is 5.41 Å². The molecule has 0 heterocycles. The highest BCUT2D eigenvalue weighted by molar-refractivity contribution is 5.42. The van der Waals surface area contributed by atoms with Crippen molar-refractivity contribution in [2.75, 3.05) is 0 Å². The van der Waals surface area contributed by atoms with Crippen LogP contribution in [-0.2, 0) is 5.41 Å². The summed E-state index contributed by atoms with van der Waals surface area (Å²) in [5.74, 6) is 0.834. The molecule has 17 heavy (non-hydrogen) atoms. The monoisotopic (exact) mass is 230 g/mol. The molecule has 0 saturated heterocycles. The van der Waals surface area contributed by atoms with Gasteiger partial charge in [0.2, 0.25) is 0 Å². The zero-order valence-corrected chi connectivity index (χ0v) is 11.0. The van der Waals surface area contributed by atoms with Crippen molar-refractivity contribution in [2.24, 2.45) is 0 Å². The normalized spacial score (nSPS) is 20.5. The van der Waals surface area contributed by atoms with Crippen LogP contribution in [0, 0.1) is 0 Å². The van der Waals surface area contributed by atoms with Gasteiger partial charge in [-0.05, 0) is 36.3 Å². The predicted octanol–water partition coefficient (Wildman–Crippen LogP) is 4.51. The zero-order valence-electron chi connectivity index (χ0n) is 11.0. The number of aromatic hydroxyl groups is 1.